The largest absolute Gasteiger partial charge is 0.497 e. The van der Waals surface area contributed by atoms with Crippen molar-refractivity contribution < 1.29 is 13.9 Å². The van der Waals surface area contributed by atoms with Gasteiger partial charge in [0.2, 0.25) is 0 Å². The van der Waals surface area contributed by atoms with Crippen LogP contribution in [0.4, 0.5) is 4.39 Å². The molecule has 1 saturated heterocycles. The van der Waals surface area contributed by atoms with Gasteiger partial charge >= 0.3 is 0 Å². The predicted molar refractivity (Wildman–Crippen MR) is 106 cm³/mol. The molecule has 0 spiro atoms. The number of fused-ring (bicyclic) bond motifs is 1. The molecule has 2 heterocycles. The highest BCUT2D eigenvalue weighted by Gasteiger charge is 2.30. The van der Waals surface area contributed by atoms with Crippen molar-refractivity contribution in [3.05, 3.63) is 71.2 Å². The van der Waals surface area contributed by atoms with Crippen LogP contribution in [0.25, 0.3) is 10.9 Å². The minimum Gasteiger partial charge on any atom is -0.497 e. The van der Waals surface area contributed by atoms with E-state index in [4.69, 9.17) is 4.74 Å². The lowest BCUT2D eigenvalue weighted by Gasteiger charge is -2.37. The van der Waals surface area contributed by atoms with E-state index in [1.807, 2.05) is 42.2 Å². The number of hydrogen-bond acceptors (Lipinski definition) is 4. The maximum Gasteiger partial charge on any atom is 0.255 e. The number of piperazine rings is 1. The van der Waals surface area contributed by atoms with Crippen LogP contribution in [-0.4, -0.2) is 42.5 Å². The van der Waals surface area contributed by atoms with Crippen LogP contribution in [0.15, 0.2) is 48.5 Å². The number of amides is 1. The number of carbonyl (C=O) groups excluding carboxylic acids is 1. The van der Waals surface area contributed by atoms with E-state index in [0.717, 1.165) is 22.2 Å². The van der Waals surface area contributed by atoms with Gasteiger partial charge in [0.25, 0.3) is 5.91 Å². The van der Waals surface area contributed by atoms with Gasteiger partial charge in [0.1, 0.15) is 11.6 Å². The summed E-state index contributed by atoms with van der Waals surface area (Å²) in [5, 5.41) is 4.06. The third kappa shape index (κ3) is 3.43. The van der Waals surface area contributed by atoms with Crippen LogP contribution < -0.4 is 10.1 Å². The molecule has 1 aliphatic heterocycles. The number of hydrogen-bond donors (Lipinski definition) is 1. The van der Waals surface area contributed by atoms with E-state index in [2.05, 4.69) is 10.3 Å². The summed E-state index contributed by atoms with van der Waals surface area (Å²) in [5.41, 5.74) is 2.90. The van der Waals surface area contributed by atoms with E-state index in [9.17, 15) is 9.18 Å². The van der Waals surface area contributed by atoms with E-state index in [-0.39, 0.29) is 17.8 Å². The van der Waals surface area contributed by atoms with Crippen molar-refractivity contribution in [3.8, 4) is 5.75 Å². The number of pyridine rings is 1. The Bertz CT molecular complexity index is 1040. The summed E-state index contributed by atoms with van der Waals surface area (Å²) >= 11 is 0. The molecule has 0 radical (unpaired) electrons. The Labute approximate surface area is 163 Å². The summed E-state index contributed by atoms with van der Waals surface area (Å²) < 4.78 is 19.1. The van der Waals surface area contributed by atoms with Gasteiger partial charge in [0, 0.05) is 30.7 Å². The average molecular weight is 379 g/mol. The quantitative estimate of drug-likeness (QED) is 0.757. The van der Waals surface area contributed by atoms with Crippen LogP contribution in [0.1, 0.15) is 27.7 Å². The number of halogens is 1. The third-order valence-electron chi connectivity index (χ3n) is 5.11. The highest BCUT2D eigenvalue weighted by molar-refractivity contribution is 6.06. The predicted octanol–water partition coefficient (Wildman–Crippen LogP) is 3.48. The number of benzene rings is 2. The molecule has 4 rings (SSSR count). The molecule has 1 amide bonds. The molecule has 5 nitrogen and oxygen atoms in total. The smallest absolute Gasteiger partial charge is 0.255 e. The summed E-state index contributed by atoms with van der Waals surface area (Å²) in [7, 11) is 1.60. The van der Waals surface area contributed by atoms with Gasteiger partial charge in [0.15, 0.2) is 0 Å². The van der Waals surface area contributed by atoms with Gasteiger partial charge in [-0.25, -0.2) is 4.39 Å². The summed E-state index contributed by atoms with van der Waals surface area (Å²) in [6.07, 6.45) is 0. The molecular formula is C22H22FN3O2. The number of nitrogens with one attached hydrogen (secondary N) is 1. The molecule has 28 heavy (non-hydrogen) atoms. The number of aromatic nitrogens is 1. The van der Waals surface area contributed by atoms with Crippen molar-refractivity contribution in [3.63, 3.8) is 0 Å². The Balaban J connectivity index is 1.79. The molecule has 3 aromatic rings. The van der Waals surface area contributed by atoms with E-state index in [1.54, 1.807) is 13.2 Å². The first kappa shape index (κ1) is 18.4. The van der Waals surface area contributed by atoms with Crippen molar-refractivity contribution in [2.24, 2.45) is 0 Å². The van der Waals surface area contributed by atoms with Gasteiger partial charge in [0.05, 0.1) is 24.2 Å². The first-order valence-corrected chi connectivity index (χ1v) is 9.29. The van der Waals surface area contributed by atoms with Crippen molar-refractivity contribution in [1.82, 2.24) is 15.2 Å². The molecular weight excluding hydrogens is 357 g/mol. The molecule has 1 N–H and O–H groups in total. The van der Waals surface area contributed by atoms with Gasteiger partial charge in [-0.1, -0.05) is 12.1 Å². The van der Waals surface area contributed by atoms with Crippen LogP contribution in [0.3, 0.4) is 0 Å². The van der Waals surface area contributed by atoms with Crippen LogP contribution in [0, 0.1) is 12.7 Å². The standard InChI is InChI=1S/C22H22FN3O2/c1-14-10-19(18-12-17(28-2)6-7-20(18)25-14)22(27)26-9-8-24-13-21(26)15-4-3-5-16(23)11-15/h3-7,10-12,21,24H,8-9,13H2,1-2H3. The molecule has 0 saturated carbocycles. The van der Waals surface area contributed by atoms with Crippen LogP contribution in [0.2, 0.25) is 0 Å². The lowest BCUT2D eigenvalue weighted by atomic mass is 10.00. The maximum absolute atomic E-state index is 13.8. The Kier molecular flexibility index (Phi) is 4.96. The van der Waals surface area contributed by atoms with Gasteiger partial charge in [-0.15, -0.1) is 0 Å². The molecule has 144 valence electrons. The second-order valence-electron chi connectivity index (χ2n) is 6.97. The molecule has 0 bridgehead atoms. The number of ether oxygens (including phenoxy) is 1. The molecule has 0 aliphatic carbocycles. The average Bonchev–Trinajstić information content (AvgIpc) is 2.72. The van der Waals surface area contributed by atoms with Gasteiger partial charge < -0.3 is 15.0 Å². The lowest BCUT2D eigenvalue weighted by molar-refractivity contribution is 0.0636. The maximum atomic E-state index is 13.8. The molecule has 1 fully saturated rings. The number of rotatable bonds is 3. The SMILES string of the molecule is COc1ccc2nc(C)cc(C(=O)N3CCNCC3c3cccc(F)c3)c2c1. The Morgan fingerprint density at radius 3 is 2.89 bits per heavy atom. The normalized spacial score (nSPS) is 17.0. The van der Waals surface area contributed by atoms with Crippen LogP contribution in [-0.2, 0) is 0 Å². The number of carbonyl (C=O) groups is 1. The Morgan fingerprint density at radius 2 is 2.11 bits per heavy atom. The monoisotopic (exact) mass is 379 g/mol. The number of nitrogens with zero attached hydrogens (tertiary/aromatic N) is 2. The molecule has 1 atom stereocenters. The van der Waals surface area contributed by atoms with E-state index in [0.29, 0.717) is 30.9 Å². The molecule has 2 aromatic carbocycles. The highest BCUT2D eigenvalue weighted by Crippen LogP contribution is 2.29. The highest BCUT2D eigenvalue weighted by atomic mass is 19.1. The molecule has 1 aromatic heterocycles. The summed E-state index contributed by atoms with van der Waals surface area (Å²) in [5.74, 6) is 0.291. The van der Waals surface area contributed by atoms with E-state index < -0.39 is 0 Å². The minimum absolute atomic E-state index is 0.0838. The summed E-state index contributed by atoms with van der Waals surface area (Å²) in [4.78, 5) is 19.9. The zero-order valence-corrected chi connectivity index (χ0v) is 15.9. The topological polar surface area (TPSA) is 54.5 Å². The fourth-order valence-corrected chi connectivity index (χ4v) is 3.75. The zero-order chi connectivity index (χ0) is 19.7. The zero-order valence-electron chi connectivity index (χ0n) is 15.9. The Hall–Kier alpha value is -2.99. The van der Waals surface area contributed by atoms with Crippen molar-refractivity contribution >= 4 is 16.8 Å². The fraction of sp³-hybridized carbons (Fsp3) is 0.273. The number of methoxy groups -OCH3 is 1. The number of aryl methyl sites for hydroxylation is 1. The first-order valence-electron chi connectivity index (χ1n) is 9.29. The van der Waals surface area contributed by atoms with Crippen LogP contribution >= 0.6 is 0 Å². The summed E-state index contributed by atoms with van der Waals surface area (Å²) in [6.45, 7) is 3.71. The summed E-state index contributed by atoms with van der Waals surface area (Å²) in [6, 6.07) is 13.6. The first-order chi connectivity index (χ1) is 13.6. The molecule has 1 aliphatic rings. The Morgan fingerprint density at radius 1 is 1.25 bits per heavy atom. The van der Waals surface area contributed by atoms with E-state index >= 15 is 0 Å². The minimum atomic E-state index is -0.301. The molecule has 1 unspecified atom stereocenters. The second-order valence-corrected chi connectivity index (χ2v) is 6.97. The third-order valence-corrected chi connectivity index (χ3v) is 5.11. The van der Waals surface area contributed by atoms with E-state index in [1.165, 1.54) is 12.1 Å². The van der Waals surface area contributed by atoms with Gasteiger partial charge in [-0.2, -0.15) is 0 Å². The van der Waals surface area contributed by atoms with Crippen LogP contribution in [0.5, 0.6) is 5.75 Å². The molecule has 6 heteroatoms. The van der Waals surface area contributed by atoms with Gasteiger partial charge in [-0.3, -0.25) is 9.78 Å². The lowest BCUT2D eigenvalue weighted by Crippen LogP contribution is -2.48. The second kappa shape index (κ2) is 7.56. The van der Waals surface area contributed by atoms with Crippen molar-refractivity contribution in [1.29, 1.82) is 0 Å². The van der Waals surface area contributed by atoms with Crippen molar-refractivity contribution in [2.45, 2.75) is 13.0 Å². The fourth-order valence-electron chi connectivity index (χ4n) is 3.75. The van der Waals surface area contributed by atoms with Gasteiger partial charge in [-0.05, 0) is 48.9 Å². The van der Waals surface area contributed by atoms with Crippen molar-refractivity contribution in [2.75, 3.05) is 26.7 Å².